The van der Waals surface area contributed by atoms with E-state index in [0.29, 0.717) is 6.42 Å². The minimum absolute atomic E-state index is 0.0891. The second-order valence-corrected chi connectivity index (χ2v) is 7.17. The zero-order chi connectivity index (χ0) is 21.2. The first kappa shape index (κ1) is 22.0. The minimum Gasteiger partial charge on any atom is -0.481 e. The number of nitrogens with two attached hydrogens (primary N) is 1. The van der Waals surface area contributed by atoms with Crippen LogP contribution >= 0.6 is 11.3 Å². The Hall–Kier alpha value is -3.27. The molecule has 0 aliphatic carbocycles. The number of aliphatic carboxylic acids is 1. The summed E-state index contributed by atoms with van der Waals surface area (Å²) in [6, 6.07) is 6.62. The van der Waals surface area contributed by atoms with Crippen molar-refractivity contribution in [2.24, 2.45) is 5.73 Å². The van der Waals surface area contributed by atoms with Crippen LogP contribution in [0.25, 0.3) is 10.6 Å². The van der Waals surface area contributed by atoms with Crippen LogP contribution in [0.3, 0.4) is 0 Å². The lowest BCUT2D eigenvalue weighted by Crippen LogP contribution is -2.48. The molecule has 29 heavy (non-hydrogen) atoms. The largest absolute Gasteiger partial charge is 0.481 e. The first-order valence-electron chi connectivity index (χ1n) is 8.91. The monoisotopic (exact) mass is 418 g/mol. The van der Waals surface area contributed by atoms with E-state index < -0.39 is 29.7 Å². The highest BCUT2D eigenvalue weighted by Crippen LogP contribution is 2.22. The summed E-state index contributed by atoms with van der Waals surface area (Å²) < 4.78 is 0. The molecule has 0 aliphatic rings. The maximum atomic E-state index is 12.2. The van der Waals surface area contributed by atoms with Crippen LogP contribution in [-0.4, -0.2) is 46.4 Å². The van der Waals surface area contributed by atoms with Crippen molar-refractivity contribution in [1.29, 1.82) is 0 Å². The van der Waals surface area contributed by atoms with Crippen LogP contribution in [0, 0.1) is 0 Å². The molecule has 0 saturated carbocycles. The molecule has 10 heteroatoms. The standard InChI is InChI=1S/C19H22N4O5S/c20-15(24)11-22-18(28)14(6-8-17(26)27)23-16(25)7-3-12-1-4-13(5-2-12)19-21-9-10-29-19/h1-2,4-5,9-10,14H,3,6-8,11H2,(H2,20,24)(H,22,28)(H,23,25)(H,26,27). The van der Waals surface area contributed by atoms with E-state index in [2.05, 4.69) is 15.6 Å². The summed E-state index contributed by atoms with van der Waals surface area (Å²) in [7, 11) is 0. The molecule has 1 unspecified atom stereocenters. The third-order valence-electron chi connectivity index (χ3n) is 4.01. The lowest BCUT2D eigenvalue weighted by atomic mass is 10.1. The molecule has 0 bridgehead atoms. The van der Waals surface area contributed by atoms with Gasteiger partial charge in [-0.25, -0.2) is 4.98 Å². The molecule has 3 amide bonds. The summed E-state index contributed by atoms with van der Waals surface area (Å²) in [6.07, 6.45) is 1.93. The van der Waals surface area contributed by atoms with Crippen LogP contribution in [0.2, 0.25) is 0 Å². The number of thiazole rings is 1. The van der Waals surface area contributed by atoms with Crippen molar-refractivity contribution in [2.45, 2.75) is 31.7 Å². The van der Waals surface area contributed by atoms with Crippen LogP contribution in [0.1, 0.15) is 24.8 Å². The highest BCUT2D eigenvalue weighted by atomic mass is 32.1. The number of nitrogens with zero attached hydrogens (tertiary/aromatic N) is 1. The summed E-state index contributed by atoms with van der Waals surface area (Å²) in [6.45, 7) is -0.385. The molecule has 1 atom stereocenters. The number of primary amides is 1. The minimum atomic E-state index is -1.09. The number of hydrogen-bond donors (Lipinski definition) is 4. The number of nitrogens with one attached hydrogen (secondary N) is 2. The number of amides is 3. The molecule has 0 spiro atoms. The molecular weight excluding hydrogens is 396 g/mol. The number of carboxylic acids is 1. The van der Waals surface area contributed by atoms with E-state index in [1.165, 1.54) is 11.3 Å². The van der Waals surface area contributed by atoms with Gasteiger partial charge in [0, 0.05) is 30.0 Å². The smallest absolute Gasteiger partial charge is 0.303 e. The molecule has 0 fully saturated rings. The molecule has 0 radical (unpaired) electrons. The van der Waals surface area contributed by atoms with Crippen molar-refractivity contribution in [3.8, 4) is 10.6 Å². The summed E-state index contributed by atoms with van der Waals surface area (Å²) in [4.78, 5) is 50.1. The van der Waals surface area contributed by atoms with Crippen LogP contribution in [0.5, 0.6) is 0 Å². The van der Waals surface area contributed by atoms with Crippen molar-refractivity contribution in [1.82, 2.24) is 15.6 Å². The van der Waals surface area contributed by atoms with Gasteiger partial charge in [-0.15, -0.1) is 11.3 Å². The quantitative estimate of drug-likeness (QED) is 0.421. The lowest BCUT2D eigenvalue weighted by Gasteiger charge is -2.17. The molecule has 0 saturated heterocycles. The fraction of sp³-hybridized carbons (Fsp3) is 0.316. The molecule has 1 aromatic heterocycles. The van der Waals surface area contributed by atoms with Gasteiger partial charge in [0.05, 0.1) is 6.54 Å². The van der Waals surface area contributed by atoms with Gasteiger partial charge in [0.15, 0.2) is 0 Å². The zero-order valence-electron chi connectivity index (χ0n) is 15.6. The van der Waals surface area contributed by atoms with Gasteiger partial charge in [-0.2, -0.15) is 0 Å². The fourth-order valence-electron chi connectivity index (χ4n) is 2.54. The molecule has 2 rings (SSSR count). The maximum absolute atomic E-state index is 12.2. The lowest BCUT2D eigenvalue weighted by molar-refractivity contribution is -0.138. The van der Waals surface area contributed by atoms with Gasteiger partial charge in [0.2, 0.25) is 17.7 Å². The van der Waals surface area contributed by atoms with Gasteiger partial charge in [0.25, 0.3) is 0 Å². The Morgan fingerprint density at radius 1 is 1.14 bits per heavy atom. The molecular formula is C19H22N4O5S. The third kappa shape index (κ3) is 7.70. The van der Waals surface area contributed by atoms with Crippen molar-refractivity contribution >= 4 is 35.0 Å². The summed E-state index contributed by atoms with van der Waals surface area (Å²) in [5.41, 5.74) is 6.92. The Kier molecular flexibility index (Phi) is 8.28. The van der Waals surface area contributed by atoms with Gasteiger partial charge in [-0.05, 0) is 18.4 Å². The van der Waals surface area contributed by atoms with Crippen LogP contribution < -0.4 is 16.4 Å². The van der Waals surface area contributed by atoms with E-state index in [1.54, 1.807) is 6.20 Å². The SMILES string of the molecule is NC(=O)CNC(=O)C(CCC(=O)O)NC(=O)CCc1ccc(-c2nccs2)cc1. The molecule has 0 aliphatic heterocycles. The number of carbonyl (C=O) groups excluding carboxylic acids is 3. The van der Waals surface area contributed by atoms with Crippen molar-refractivity contribution in [3.05, 3.63) is 41.4 Å². The number of carbonyl (C=O) groups is 4. The number of aromatic nitrogens is 1. The molecule has 1 aromatic carbocycles. The highest BCUT2D eigenvalue weighted by molar-refractivity contribution is 7.13. The topological polar surface area (TPSA) is 151 Å². The zero-order valence-corrected chi connectivity index (χ0v) is 16.4. The number of hydrogen-bond acceptors (Lipinski definition) is 6. The van der Waals surface area contributed by atoms with E-state index in [0.717, 1.165) is 16.1 Å². The van der Waals surface area contributed by atoms with E-state index in [9.17, 15) is 19.2 Å². The van der Waals surface area contributed by atoms with E-state index in [4.69, 9.17) is 10.8 Å². The van der Waals surface area contributed by atoms with Gasteiger partial charge < -0.3 is 21.5 Å². The van der Waals surface area contributed by atoms with E-state index in [-0.39, 0.29) is 25.8 Å². The van der Waals surface area contributed by atoms with Crippen LogP contribution in [0.4, 0.5) is 0 Å². The Morgan fingerprint density at radius 2 is 1.86 bits per heavy atom. The van der Waals surface area contributed by atoms with Crippen LogP contribution in [-0.2, 0) is 25.6 Å². The summed E-state index contributed by atoms with van der Waals surface area (Å²) >= 11 is 1.54. The number of rotatable bonds is 11. The Balaban J connectivity index is 1.88. The highest BCUT2D eigenvalue weighted by Gasteiger charge is 2.21. The molecule has 2 aromatic rings. The second-order valence-electron chi connectivity index (χ2n) is 6.27. The van der Waals surface area contributed by atoms with E-state index in [1.807, 2.05) is 29.6 Å². The van der Waals surface area contributed by atoms with Gasteiger partial charge in [-0.1, -0.05) is 24.3 Å². The molecule has 9 nitrogen and oxygen atoms in total. The molecule has 1 heterocycles. The second kappa shape index (κ2) is 10.9. The van der Waals surface area contributed by atoms with Crippen molar-refractivity contribution in [3.63, 3.8) is 0 Å². The summed E-state index contributed by atoms with van der Waals surface area (Å²) in [5.74, 6) is -2.86. The first-order valence-corrected chi connectivity index (χ1v) is 9.79. The maximum Gasteiger partial charge on any atom is 0.303 e. The van der Waals surface area contributed by atoms with Gasteiger partial charge in [-0.3, -0.25) is 19.2 Å². The van der Waals surface area contributed by atoms with Crippen molar-refractivity contribution in [2.75, 3.05) is 6.54 Å². The van der Waals surface area contributed by atoms with Crippen LogP contribution in [0.15, 0.2) is 35.8 Å². The molecule has 5 N–H and O–H groups in total. The predicted molar refractivity (Wildman–Crippen MR) is 107 cm³/mol. The van der Waals surface area contributed by atoms with E-state index >= 15 is 0 Å². The Bertz CT molecular complexity index is 852. The fourth-order valence-corrected chi connectivity index (χ4v) is 3.18. The number of benzene rings is 1. The number of carboxylic acid groups (broad SMARTS) is 1. The van der Waals surface area contributed by atoms with Gasteiger partial charge >= 0.3 is 5.97 Å². The normalized spacial score (nSPS) is 11.4. The number of aryl methyl sites for hydroxylation is 1. The summed E-state index contributed by atoms with van der Waals surface area (Å²) in [5, 5.41) is 16.4. The predicted octanol–water partition coefficient (Wildman–Crippen LogP) is 0.694. The average molecular weight is 418 g/mol. The van der Waals surface area contributed by atoms with Gasteiger partial charge in [0.1, 0.15) is 11.0 Å². The molecule has 154 valence electrons. The third-order valence-corrected chi connectivity index (χ3v) is 4.83. The average Bonchev–Trinajstić information content (AvgIpc) is 3.22. The first-order chi connectivity index (χ1) is 13.8. The Morgan fingerprint density at radius 3 is 2.45 bits per heavy atom. The van der Waals surface area contributed by atoms with Crippen molar-refractivity contribution < 1.29 is 24.3 Å². The Labute approximate surface area is 171 Å².